The highest BCUT2D eigenvalue weighted by Crippen LogP contribution is 2.30. The second-order valence-electron chi connectivity index (χ2n) is 8.75. The van der Waals surface area contributed by atoms with Crippen LogP contribution in [0.3, 0.4) is 0 Å². The molecule has 7 heteroatoms. The zero-order valence-corrected chi connectivity index (χ0v) is 19.2. The van der Waals surface area contributed by atoms with Crippen LogP contribution in [-0.4, -0.2) is 43.7 Å². The minimum Gasteiger partial charge on any atom is -0.317 e. The molecule has 1 atom stereocenters. The molecular formula is C27H31F2N4O+. The Kier molecular flexibility index (Phi) is 7.67. The summed E-state index contributed by atoms with van der Waals surface area (Å²) in [5.41, 5.74) is 12.1. The van der Waals surface area contributed by atoms with Crippen LogP contribution in [0.2, 0.25) is 0 Å². The second-order valence-corrected chi connectivity index (χ2v) is 8.75. The average molecular weight is 466 g/mol. The van der Waals surface area contributed by atoms with Crippen molar-refractivity contribution in [2.24, 2.45) is 5.73 Å². The predicted octanol–water partition coefficient (Wildman–Crippen LogP) is 4.78. The summed E-state index contributed by atoms with van der Waals surface area (Å²) in [5, 5.41) is 0. The number of urea groups is 1. The van der Waals surface area contributed by atoms with Crippen molar-refractivity contribution in [1.29, 1.82) is 0 Å². The number of nitrogens with two attached hydrogens (primary N) is 1. The molecule has 178 valence electrons. The number of primary amides is 1. The van der Waals surface area contributed by atoms with Gasteiger partial charge in [0.2, 0.25) is 0 Å². The fraction of sp³-hybridized carbons (Fsp3) is 0.296. The largest absolute Gasteiger partial charge is 0.438 e. The standard InChI is InChI=1S/C27H30F2N4O/c28-23-12-8-21(9-13-23)26(22-10-14-24(29)15-11-22)7-4-17-32-18-16-31-33(20-19-32,27(30)34)25-5-2-1-3-6-25/h1-3,5-6,8-15,26,31H,4,7,16-20H2,(H-,30,34)/p+1. The molecule has 1 aliphatic rings. The van der Waals surface area contributed by atoms with Crippen LogP contribution in [0.25, 0.3) is 0 Å². The van der Waals surface area contributed by atoms with Gasteiger partial charge in [0.1, 0.15) is 18.2 Å². The Morgan fingerprint density at radius 2 is 1.50 bits per heavy atom. The zero-order valence-electron chi connectivity index (χ0n) is 19.2. The number of carbonyl (C=O) groups is 1. The third kappa shape index (κ3) is 5.50. The number of hydrogen-bond acceptors (Lipinski definition) is 3. The third-order valence-electron chi connectivity index (χ3n) is 6.65. The monoisotopic (exact) mass is 465 g/mol. The van der Waals surface area contributed by atoms with Crippen LogP contribution < -0.4 is 15.8 Å². The molecule has 0 aliphatic carbocycles. The fourth-order valence-corrected chi connectivity index (χ4v) is 4.76. The molecular weight excluding hydrogens is 434 g/mol. The molecule has 0 aromatic heterocycles. The molecule has 0 bridgehead atoms. The van der Waals surface area contributed by atoms with Crippen molar-refractivity contribution in [3.63, 3.8) is 0 Å². The Labute approximate surface area is 199 Å². The highest BCUT2D eigenvalue weighted by molar-refractivity contribution is 5.84. The second kappa shape index (κ2) is 10.9. The van der Waals surface area contributed by atoms with E-state index in [-0.39, 0.29) is 22.1 Å². The van der Waals surface area contributed by atoms with Gasteiger partial charge in [-0.1, -0.05) is 42.5 Å². The Balaban J connectivity index is 1.42. The lowest BCUT2D eigenvalue weighted by molar-refractivity contribution is 0.185. The van der Waals surface area contributed by atoms with Crippen LogP contribution in [0.5, 0.6) is 0 Å². The molecule has 1 heterocycles. The molecule has 1 saturated heterocycles. The number of halogens is 2. The van der Waals surface area contributed by atoms with E-state index < -0.39 is 6.03 Å². The van der Waals surface area contributed by atoms with E-state index in [1.807, 2.05) is 30.3 Å². The molecule has 3 aromatic carbocycles. The molecule has 3 N–H and O–H groups in total. The topological polar surface area (TPSA) is 58.4 Å². The van der Waals surface area contributed by atoms with Crippen LogP contribution in [0, 0.1) is 11.6 Å². The van der Waals surface area contributed by atoms with Gasteiger partial charge >= 0.3 is 6.03 Å². The maximum absolute atomic E-state index is 13.5. The van der Waals surface area contributed by atoms with Gasteiger partial charge in [-0.3, -0.25) is 4.90 Å². The molecule has 5 nitrogen and oxygen atoms in total. The molecule has 1 fully saturated rings. The molecule has 1 aliphatic heterocycles. The first-order chi connectivity index (χ1) is 16.5. The lowest BCUT2D eigenvalue weighted by atomic mass is 9.87. The first kappa shape index (κ1) is 24.0. The molecule has 3 aromatic rings. The summed E-state index contributed by atoms with van der Waals surface area (Å²) in [4.78, 5) is 14.8. The van der Waals surface area contributed by atoms with Crippen LogP contribution in [-0.2, 0) is 0 Å². The average Bonchev–Trinajstić information content (AvgIpc) is 3.08. The van der Waals surface area contributed by atoms with Crippen LogP contribution in [0.15, 0.2) is 78.9 Å². The van der Waals surface area contributed by atoms with E-state index in [1.54, 1.807) is 24.3 Å². The maximum atomic E-state index is 13.5. The van der Waals surface area contributed by atoms with Gasteiger partial charge in [0.05, 0.1) is 13.1 Å². The summed E-state index contributed by atoms with van der Waals surface area (Å²) in [6.07, 6.45) is 1.75. The summed E-state index contributed by atoms with van der Waals surface area (Å²) in [7, 11) is 0. The highest BCUT2D eigenvalue weighted by atomic mass is 19.1. The van der Waals surface area contributed by atoms with Crippen molar-refractivity contribution < 1.29 is 13.6 Å². The zero-order chi connectivity index (χ0) is 24.0. The Bertz CT molecular complexity index is 1030. The van der Waals surface area contributed by atoms with Gasteiger partial charge in [-0.2, -0.15) is 5.43 Å². The normalized spacial score (nSPS) is 19.1. The van der Waals surface area contributed by atoms with E-state index in [4.69, 9.17) is 5.73 Å². The quantitative estimate of drug-likeness (QED) is 0.494. The van der Waals surface area contributed by atoms with E-state index in [0.717, 1.165) is 49.3 Å². The number of carbonyl (C=O) groups excluding carboxylic acids is 1. The van der Waals surface area contributed by atoms with Crippen LogP contribution >= 0.6 is 0 Å². The van der Waals surface area contributed by atoms with Crippen LogP contribution in [0.4, 0.5) is 19.3 Å². The molecule has 2 amide bonds. The lowest BCUT2D eigenvalue weighted by Crippen LogP contribution is -2.66. The van der Waals surface area contributed by atoms with Crippen molar-refractivity contribution >= 4 is 11.7 Å². The summed E-state index contributed by atoms with van der Waals surface area (Å²) < 4.78 is 26.9. The minimum absolute atomic E-state index is 0.0520. The number of nitrogens with zero attached hydrogens (tertiary/aromatic N) is 2. The minimum atomic E-state index is -0.416. The number of quaternary nitrogens is 1. The number of hydrogen-bond donors (Lipinski definition) is 2. The van der Waals surface area contributed by atoms with Crippen molar-refractivity contribution in [3.8, 4) is 0 Å². The lowest BCUT2D eigenvalue weighted by Gasteiger charge is -2.31. The van der Waals surface area contributed by atoms with Crippen molar-refractivity contribution in [1.82, 2.24) is 14.9 Å². The smallest absolute Gasteiger partial charge is 0.317 e. The van der Waals surface area contributed by atoms with Gasteiger partial charge in [-0.05, 0) is 54.8 Å². The van der Waals surface area contributed by atoms with Gasteiger partial charge in [-0.15, -0.1) is 4.59 Å². The Morgan fingerprint density at radius 1 is 0.912 bits per heavy atom. The number of amides is 2. The number of nitrogens with one attached hydrogen (secondary N) is 1. The summed E-state index contributed by atoms with van der Waals surface area (Å²) in [5.74, 6) is -0.489. The number of benzene rings is 3. The fourth-order valence-electron chi connectivity index (χ4n) is 4.76. The van der Waals surface area contributed by atoms with Gasteiger partial charge in [-0.25, -0.2) is 13.6 Å². The summed E-state index contributed by atoms with van der Waals surface area (Å²) >= 11 is 0. The third-order valence-corrected chi connectivity index (χ3v) is 6.65. The molecule has 0 spiro atoms. The van der Waals surface area contributed by atoms with Crippen LogP contribution in [0.1, 0.15) is 29.9 Å². The van der Waals surface area contributed by atoms with E-state index in [9.17, 15) is 13.6 Å². The van der Waals surface area contributed by atoms with E-state index >= 15 is 0 Å². The Hall–Kier alpha value is -3.13. The highest BCUT2D eigenvalue weighted by Gasteiger charge is 2.39. The summed E-state index contributed by atoms with van der Waals surface area (Å²) in [6, 6.07) is 22.3. The molecule has 4 rings (SSSR count). The first-order valence-corrected chi connectivity index (χ1v) is 11.7. The molecule has 0 radical (unpaired) electrons. The first-order valence-electron chi connectivity index (χ1n) is 11.7. The number of rotatable bonds is 7. The molecule has 34 heavy (non-hydrogen) atoms. The van der Waals surface area contributed by atoms with E-state index in [0.29, 0.717) is 13.1 Å². The summed E-state index contributed by atoms with van der Waals surface area (Å²) in [6.45, 7) is 3.56. The SMILES string of the molecule is NC(=O)[N+]1(c2ccccc2)CCN(CCCC(c2ccc(F)cc2)c2ccc(F)cc2)CCN1. The maximum Gasteiger partial charge on any atom is 0.438 e. The predicted molar refractivity (Wildman–Crippen MR) is 131 cm³/mol. The Morgan fingerprint density at radius 3 is 2.06 bits per heavy atom. The van der Waals surface area contributed by atoms with Gasteiger partial charge in [0.25, 0.3) is 0 Å². The van der Waals surface area contributed by atoms with Crippen molar-refractivity contribution in [2.75, 3.05) is 32.7 Å². The number of para-hydroxylation sites is 1. The molecule has 0 saturated carbocycles. The van der Waals surface area contributed by atoms with Gasteiger partial charge < -0.3 is 5.73 Å². The van der Waals surface area contributed by atoms with Crippen molar-refractivity contribution in [3.05, 3.63) is 102 Å². The van der Waals surface area contributed by atoms with E-state index in [2.05, 4.69) is 10.3 Å². The molecule has 1 unspecified atom stereocenters. The van der Waals surface area contributed by atoms with Gasteiger partial charge in [0.15, 0.2) is 5.69 Å². The van der Waals surface area contributed by atoms with E-state index in [1.165, 1.54) is 24.3 Å². The van der Waals surface area contributed by atoms with Gasteiger partial charge in [0, 0.05) is 24.6 Å². The van der Waals surface area contributed by atoms with Crippen molar-refractivity contribution in [2.45, 2.75) is 18.8 Å².